The lowest BCUT2D eigenvalue weighted by Gasteiger charge is -2.39. The predicted octanol–water partition coefficient (Wildman–Crippen LogP) is 2.69. The van der Waals surface area contributed by atoms with Gasteiger partial charge in [-0.25, -0.2) is 8.42 Å². The Balaban J connectivity index is 1.32. The molecule has 10 nitrogen and oxygen atoms in total. The number of aromatic nitrogens is 1. The second-order valence-corrected chi connectivity index (χ2v) is 12.2. The molecule has 214 valence electrons. The molecule has 0 radical (unpaired) electrons. The number of nitrogens with zero attached hydrogens (tertiary/aromatic N) is 4. The number of nitrogens with one attached hydrogen (secondary N) is 1. The van der Waals surface area contributed by atoms with Crippen LogP contribution >= 0.6 is 0 Å². The summed E-state index contributed by atoms with van der Waals surface area (Å²) in [5.74, 6) is 0.510. The number of anilines is 1. The highest BCUT2D eigenvalue weighted by molar-refractivity contribution is 7.89. The van der Waals surface area contributed by atoms with E-state index in [2.05, 4.69) is 16.3 Å². The Morgan fingerprint density at radius 3 is 2.62 bits per heavy atom. The van der Waals surface area contributed by atoms with Crippen LogP contribution in [0.4, 0.5) is 5.69 Å². The van der Waals surface area contributed by atoms with E-state index >= 15 is 0 Å². The zero-order valence-corrected chi connectivity index (χ0v) is 24.0. The average molecular weight is 568 g/mol. The molecule has 40 heavy (non-hydrogen) atoms. The minimum absolute atomic E-state index is 0.240. The van der Waals surface area contributed by atoms with Gasteiger partial charge in [-0.2, -0.15) is 9.57 Å². The van der Waals surface area contributed by atoms with Gasteiger partial charge < -0.3 is 19.5 Å². The third-order valence-electron chi connectivity index (χ3n) is 7.91. The number of piperidine rings is 1. The smallest absolute Gasteiger partial charge is 0.243 e. The maximum Gasteiger partial charge on any atom is 0.243 e. The number of hydrogen-bond donors (Lipinski definition) is 1. The molecule has 0 saturated carbocycles. The first-order chi connectivity index (χ1) is 19.4. The molecule has 1 N–H and O–H groups in total. The van der Waals surface area contributed by atoms with Gasteiger partial charge in [0.1, 0.15) is 5.75 Å². The Kier molecular flexibility index (Phi) is 9.03. The highest BCUT2D eigenvalue weighted by atomic mass is 32.2. The van der Waals surface area contributed by atoms with Gasteiger partial charge in [0.05, 0.1) is 49.2 Å². The van der Waals surface area contributed by atoms with Crippen LogP contribution in [0.5, 0.6) is 5.75 Å². The van der Waals surface area contributed by atoms with Crippen LogP contribution in [-0.4, -0.2) is 95.4 Å². The lowest BCUT2D eigenvalue weighted by atomic mass is 10.0. The molecule has 1 aliphatic carbocycles. The van der Waals surface area contributed by atoms with Crippen LogP contribution in [0.15, 0.2) is 35.2 Å². The summed E-state index contributed by atoms with van der Waals surface area (Å²) in [7, 11) is -0.437. The van der Waals surface area contributed by atoms with Crippen LogP contribution in [0.2, 0.25) is 0 Å². The molecule has 0 spiro atoms. The molecule has 0 bridgehead atoms. The second kappa shape index (κ2) is 12.7. The first-order valence-corrected chi connectivity index (χ1v) is 15.2. The molecule has 5 rings (SSSR count). The van der Waals surface area contributed by atoms with Crippen LogP contribution in [-0.2, 0) is 32.3 Å². The summed E-state index contributed by atoms with van der Waals surface area (Å²) in [6, 6.07) is 9.73. The van der Waals surface area contributed by atoms with Crippen LogP contribution in [0.3, 0.4) is 0 Å². The van der Waals surface area contributed by atoms with E-state index in [0.717, 1.165) is 67.3 Å². The number of rotatable bonds is 10. The molecule has 1 aromatic heterocycles. The number of nitriles is 1. The number of fused-ring (bicyclic) bond motifs is 1. The van der Waals surface area contributed by atoms with E-state index in [1.807, 2.05) is 18.2 Å². The fourth-order valence-electron chi connectivity index (χ4n) is 5.79. The van der Waals surface area contributed by atoms with Crippen molar-refractivity contribution in [2.24, 2.45) is 0 Å². The van der Waals surface area contributed by atoms with E-state index in [1.165, 1.54) is 0 Å². The minimum atomic E-state index is -3.64. The number of hydrogen-bond acceptors (Lipinski definition) is 9. The van der Waals surface area contributed by atoms with Gasteiger partial charge in [0.25, 0.3) is 0 Å². The molecule has 2 aliphatic heterocycles. The first kappa shape index (κ1) is 28.5. The van der Waals surface area contributed by atoms with E-state index < -0.39 is 10.0 Å². The van der Waals surface area contributed by atoms with Crippen molar-refractivity contribution in [3.63, 3.8) is 0 Å². The number of morpholine rings is 1. The van der Waals surface area contributed by atoms with Crippen LogP contribution < -0.4 is 10.1 Å². The molecule has 1 aromatic carbocycles. The molecule has 11 heteroatoms. The van der Waals surface area contributed by atoms with Gasteiger partial charge >= 0.3 is 0 Å². The number of ether oxygens (including phenoxy) is 3. The van der Waals surface area contributed by atoms with E-state index in [-0.39, 0.29) is 4.90 Å². The van der Waals surface area contributed by atoms with Gasteiger partial charge in [-0.3, -0.25) is 9.88 Å². The Morgan fingerprint density at radius 2 is 1.93 bits per heavy atom. The van der Waals surface area contributed by atoms with E-state index in [0.29, 0.717) is 56.4 Å². The third-order valence-corrected chi connectivity index (χ3v) is 9.81. The monoisotopic (exact) mass is 567 g/mol. The molecule has 3 aliphatic rings. The normalized spacial score (nSPS) is 18.7. The Bertz CT molecular complexity index is 1390. The van der Waals surface area contributed by atoms with Crippen molar-refractivity contribution < 1.29 is 22.6 Å². The van der Waals surface area contributed by atoms with Crippen molar-refractivity contribution >= 4 is 21.3 Å². The van der Waals surface area contributed by atoms with Crippen molar-refractivity contribution in [3.05, 3.63) is 52.9 Å². The van der Waals surface area contributed by atoms with Crippen molar-refractivity contribution in [1.82, 2.24) is 14.2 Å². The summed E-state index contributed by atoms with van der Waals surface area (Å²) in [6.45, 7) is 5.46. The number of pyridine rings is 1. The van der Waals surface area contributed by atoms with Gasteiger partial charge in [-0.1, -0.05) is 12.1 Å². The van der Waals surface area contributed by atoms with E-state index in [9.17, 15) is 13.7 Å². The summed E-state index contributed by atoms with van der Waals surface area (Å²) in [5.41, 5.74) is 4.82. The Hall–Kier alpha value is -3.01. The van der Waals surface area contributed by atoms with Gasteiger partial charge in [0.15, 0.2) is 0 Å². The number of sulfonamides is 1. The summed E-state index contributed by atoms with van der Waals surface area (Å²) in [4.78, 5) is 7.50. The molecular formula is C29H37N5O5S. The molecule has 0 amide bonds. The molecule has 3 heterocycles. The fourth-order valence-corrected chi connectivity index (χ4v) is 7.28. The van der Waals surface area contributed by atoms with Crippen molar-refractivity contribution in [2.45, 2.75) is 36.6 Å². The van der Waals surface area contributed by atoms with Crippen LogP contribution in [0.1, 0.15) is 35.4 Å². The van der Waals surface area contributed by atoms with Gasteiger partial charge in [0.2, 0.25) is 10.0 Å². The zero-order valence-electron chi connectivity index (χ0n) is 23.2. The first-order valence-electron chi connectivity index (χ1n) is 13.8. The minimum Gasteiger partial charge on any atom is -0.496 e. The quantitative estimate of drug-likeness (QED) is 0.433. The summed E-state index contributed by atoms with van der Waals surface area (Å²) in [5, 5.41) is 12.9. The second-order valence-electron chi connectivity index (χ2n) is 10.3. The van der Waals surface area contributed by atoms with E-state index in [1.54, 1.807) is 30.7 Å². The maximum atomic E-state index is 13.5. The van der Waals surface area contributed by atoms with E-state index in [4.69, 9.17) is 19.2 Å². The molecule has 2 fully saturated rings. The fraction of sp³-hybridized carbons (Fsp3) is 0.517. The SMILES string of the molecule is COCCNc1cc(Cc2ccc(S(=O)(=O)N3CCC(N4CCOCC4)CC3)cc2OC)nc2c1C(C#N)=CC2. The number of methoxy groups -OCH3 is 2. The largest absolute Gasteiger partial charge is 0.496 e. The Morgan fingerprint density at radius 1 is 1.15 bits per heavy atom. The topological polar surface area (TPSA) is 117 Å². The zero-order chi connectivity index (χ0) is 28.1. The molecule has 2 aromatic rings. The lowest BCUT2D eigenvalue weighted by molar-refractivity contribution is 0.00610. The number of allylic oxidation sites excluding steroid dienone is 2. The van der Waals surface area contributed by atoms with Crippen LogP contribution in [0, 0.1) is 11.3 Å². The third kappa shape index (κ3) is 6.01. The van der Waals surface area contributed by atoms with Crippen molar-refractivity contribution in [1.29, 1.82) is 5.26 Å². The molecule has 0 atom stereocenters. The highest BCUT2D eigenvalue weighted by Crippen LogP contribution is 2.35. The Labute approximate surface area is 236 Å². The van der Waals surface area contributed by atoms with Crippen molar-refractivity contribution in [2.75, 3.05) is 72.1 Å². The molecule has 0 unspecified atom stereocenters. The summed E-state index contributed by atoms with van der Waals surface area (Å²) >= 11 is 0. The predicted molar refractivity (Wildman–Crippen MR) is 152 cm³/mol. The number of benzene rings is 1. The summed E-state index contributed by atoms with van der Waals surface area (Å²) < 4.78 is 45.0. The summed E-state index contributed by atoms with van der Waals surface area (Å²) in [6.07, 6.45) is 4.60. The van der Waals surface area contributed by atoms with Gasteiger partial charge in [-0.05, 0) is 25.0 Å². The molecule has 2 saturated heterocycles. The highest BCUT2D eigenvalue weighted by Gasteiger charge is 2.32. The maximum absolute atomic E-state index is 13.5. The van der Waals surface area contributed by atoms with Gasteiger partial charge in [-0.15, -0.1) is 0 Å². The van der Waals surface area contributed by atoms with Crippen LogP contribution in [0.25, 0.3) is 5.57 Å². The average Bonchev–Trinajstić information content (AvgIpc) is 3.41. The molecular weight excluding hydrogens is 530 g/mol. The van der Waals surface area contributed by atoms with Crippen molar-refractivity contribution in [3.8, 4) is 11.8 Å². The lowest BCUT2D eigenvalue weighted by Crippen LogP contribution is -2.50. The standard InChI is InChI=1S/C29H37N5O5S/c1-37-14-9-31-27-18-23(32-26-6-4-22(20-30)29(26)27)17-21-3-5-25(19-28(21)38-2)40(35,36)34-10-7-24(8-11-34)33-12-15-39-16-13-33/h3-5,18-19,24H,6-17H2,1-2H3,(H,31,32). The van der Waals surface area contributed by atoms with Gasteiger partial charge in [0, 0.05) is 87.3 Å².